The number of ether oxygens (including phenoxy) is 2. The standard InChI is InChI=1S/C18H30O4/c1-12-5-4-9-17(3)14(12)8-10-18(16(20)21-11-19)15(17)7-6-13(2)22-18/h11-16,20H,4-10H2,1-3H3/t12-,13-,14+,15-,16?,17+,18-/m1/s1. The van der Waals surface area contributed by atoms with E-state index in [-0.39, 0.29) is 17.4 Å². The van der Waals surface area contributed by atoms with E-state index in [2.05, 4.69) is 20.8 Å². The van der Waals surface area contributed by atoms with Crippen LogP contribution in [-0.2, 0) is 14.3 Å². The van der Waals surface area contributed by atoms with Gasteiger partial charge in [-0.15, -0.1) is 0 Å². The molecule has 1 saturated heterocycles. The van der Waals surface area contributed by atoms with Crippen LogP contribution in [0.15, 0.2) is 0 Å². The summed E-state index contributed by atoms with van der Waals surface area (Å²) in [5.41, 5.74) is -0.524. The summed E-state index contributed by atoms with van der Waals surface area (Å²) in [6.45, 7) is 7.18. The molecule has 4 nitrogen and oxygen atoms in total. The molecule has 0 amide bonds. The zero-order valence-corrected chi connectivity index (χ0v) is 14.1. The number of carbonyl (C=O) groups excluding carboxylic acids is 1. The number of hydrogen-bond donors (Lipinski definition) is 1. The largest absolute Gasteiger partial charge is 0.435 e. The zero-order valence-electron chi connectivity index (χ0n) is 14.1. The van der Waals surface area contributed by atoms with Crippen molar-refractivity contribution in [2.45, 2.75) is 83.7 Å². The molecule has 0 aromatic heterocycles. The summed E-state index contributed by atoms with van der Waals surface area (Å²) >= 11 is 0. The molecule has 1 aliphatic heterocycles. The lowest BCUT2D eigenvalue weighted by Gasteiger charge is -2.62. The molecule has 3 fully saturated rings. The van der Waals surface area contributed by atoms with Gasteiger partial charge in [-0.1, -0.05) is 26.7 Å². The van der Waals surface area contributed by atoms with Gasteiger partial charge in [0.05, 0.1) is 6.10 Å². The van der Waals surface area contributed by atoms with Crippen molar-refractivity contribution in [2.75, 3.05) is 0 Å². The van der Waals surface area contributed by atoms with Crippen molar-refractivity contribution in [1.82, 2.24) is 0 Å². The number of aliphatic hydroxyl groups excluding tert-OH is 1. The Morgan fingerprint density at radius 2 is 2.00 bits per heavy atom. The van der Waals surface area contributed by atoms with Crippen molar-refractivity contribution in [2.24, 2.45) is 23.2 Å². The molecule has 126 valence electrons. The highest BCUT2D eigenvalue weighted by atomic mass is 16.7. The van der Waals surface area contributed by atoms with Gasteiger partial charge in [0.1, 0.15) is 5.60 Å². The Morgan fingerprint density at radius 3 is 2.73 bits per heavy atom. The Kier molecular flexibility index (Phi) is 4.28. The summed E-state index contributed by atoms with van der Waals surface area (Å²) in [5.74, 6) is 1.70. The summed E-state index contributed by atoms with van der Waals surface area (Å²) in [4.78, 5) is 10.8. The third-order valence-corrected chi connectivity index (χ3v) is 7.03. The predicted octanol–water partition coefficient (Wildman–Crippen LogP) is 3.27. The normalized spacial score (nSPS) is 49.6. The van der Waals surface area contributed by atoms with E-state index >= 15 is 0 Å². The van der Waals surface area contributed by atoms with Gasteiger partial charge < -0.3 is 14.6 Å². The van der Waals surface area contributed by atoms with Crippen LogP contribution in [-0.4, -0.2) is 29.6 Å². The lowest BCUT2D eigenvalue weighted by molar-refractivity contribution is -0.310. The van der Waals surface area contributed by atoms with Gasteiger partial charge in [0.25, 0.3) is 6.47 Å². The van der Waals surface area contributed by atoms with Gasteiger partial charge in [-0.2, -0.15) is 0 Å². The summed E-state index contributed by atoms with van der Waals surface area (Å²) in [6, 6.07) is 0. The second-order valence-electron chi connectivity index (χ2n) is 8.12. The Balaban J connectivity index is 1.97. The van der Waals surface area contributed by atoms with Gasteiger partial charge in [0, 0.05) is 0 Å². The van der Waals surface area contributed by atoms with Gasteiger partial charge in [-0.3, -0.25) is 4.79 Å². The molecule has 0 radical (unpaired) electrons. The molecule has 0 aromatic carbocycles. The second-order valence-corrected chi connectivity index (χ2v) is 8.12. The molecule has 0 spiro atoms. The maximum atomic E-state index is 10.8. The molecular weight excluding hydrogens is 280 g/mol. The molecule has 1 heterocycles. The van der Waals surface area contributed by atoms with Crippen molar-refractivity contribution < 1.29 is 19.4 Å². The van der Waals surface area contributed by atoms with Crippen LogP contribution in [0.4, 0.5) is 0 Å². The summed E-state index contributed by atoms with van der Waals surface area (Å²) < 4.78 is 11.3. The van der Waals surface area contributed by atoms with Crippen molar-refractivity contribution in [3.63, 3.8) is 0 Å². The zero-order chi connectivity index (χ0) is 16.0. The van der Waals surface area contributed by atoms with Crippen LogP contribution in [0.2, 0.25) is 0 Å². The molecule has 22 heavy (non-hydrogen) atoms. The molecule has 3 aliphatic rings. The van der Waals surface area contributed by atoms with E-state index < -0.39 is 11.9 Å². The average molecular weight is 310 g/mol. The van der Waals surface area contributed by atoms with Crippen molar-refractivity contribution >= 4 is 6.47 Å². The second kappa shape index (κ2) is 5.79. The highest BCUT2D eigenvalue weighted by molar-refractivity contribution is 5.37. The summed E-state index contributed by atoms with van der Waals surface area (Å²) in [6.07, 6.45) is 6.65. The summed E-state index contributed by atoms with van der Waals surface area (Å²) in [7, 11) is 0. The van der Waals surface area contributed by atoms with E-state index in [1.54, 1.807) is 0 Å². The van der Waals surface area contributed by atoms with Crippen molar-refractivity contribution in [3.8, 4) is 0 Å². The fraction of sp³-hybridized carbons (Fsp3) is 0.944. The average Bonchev–Trinajstić information content (AvgIpc) is 2.46. The molecule has 4 heteroatoms. The van der Waals surface area contributed by atoms with Crippen LogP contribution in [0, 0.1) is 23.2 Å². The molecule has 3 rings (SSSR count). The minimum Gasteiger partial charge on any atom is -0.435 e. The van der Waals surface area contributed by atoms with Crippen molar-refractivity contribution in [1.29, 1.82) is 0 Å². The van der Waals surface area contributed by atoms with Crippen LogP contribution >= 0.6 is 0 Å². The van der Waals surface area contributed by atoms with Gasteiger partial charge in [-0.05, 0) is 62.2 Å². The van der Waals surface area contributed by atoms with Gasteiger partial charge >= 0.3 is 0 Å². The predicted molar refractivity (Wildman–Crippen MR) is 83.0 cm³/mol. The highest BCUT2D eigenvalue weighted by Gasteiger charge is 2.62. The van der Waals surface area contributed by atoms with Gasteiger partial charge in [-0.25, -0.2) is 0 Å². The molecule has 2 aliphatic carbocycles. The van der Waals surface area contributed by atoms with E-state index in [0.717, 1.165) is 31.6 Å². The molecular formula is C18H30O4. The number of hydrogen-bond acceptors (Lipinski definition) is 4. The SMILES string of the molecule is C[C@@H]1CC[C@@H]2[C@@]3(C)CCC[C@@H](C)[C@@H]3CC[C@@]2(C(O)OC=O)O1. The fourth-order valence-corrected chi connectivity index (χ4v) is 6.07. The van der Waals surface area contributed by atoms with E-state index in [9.17, 15) is 9.90 Å². The smallest absolute Gasteiger partial charge is 0.295 e. The van der Waals surface area contributed by atoms with Crippen molar-refractivity contribution in [3.05, 3.63) is 0 Å². The lowest BCUT2D eigenvalue weighted by Crippen LogP contribution is -2.65. The van der Waals surface area contributed by atoms with E-state index in [1.165, 1.54) is 19.3 Å². The van der Waals surface area contributed by atoms with Crippen LogP contribution in [0.5, 0.6) is 0 Å². The summed E-state index contributed by atoms with van der Waals surface area (Å²) in [5, 5.41) is 10.6. The molecule has 1 unspecified atom stereocenters. The van der Waals surface area contributed by atoms with Gasteiger partial charge in [0.15, 0.2) is 0 Å². The Hall–Kier alpha value is -0.610. The first-order valence-electron chi connectivity index (χ1n) is 8.89. The minimum atomic E-state index is -1.15. The van der Waals surface area contributed by atoms with E-state index in [1.807, 2.05) is 0 Å². The van der Waals surface area contributed by atoms with Crippen LogP contribution in [0.3, 0.4) is 0 Å². The van der Waals surface area contributed by atoms with E-state index in [0.29, 0.717) is 12.4 Å². The fourth-order valence-electron chi connectivity index (χ4n) is 6.07. The number of aliphatic hydroxyl groups is 1. The Morgan fingerprint density at radius 1 is 1.23 bits per heavy atom. The lowest BCUT2D eigenvalue weighted by atomic mass is 9.47. The highest BCUT2D eigenvalue weighted by Crippen LogP contribution is 2.62. The molecule has 7 atom stereocenters. The number of fused-ring (bicyclic) bond motifs is 3. The third kappa shape index (κ3) is 2.30. The first kappa shape index (κ1) is 16.3. The van der Waals surface area contributed by atoms with Crippen LogP contribution < -0.4 is 0 Å². The molecule has 1 N–H and O–H groups in total. The van der Waals surface area contributed by atoms with Crippen LogP contribution in [0.1, 0.15) is 65.7 Å². The molecule has 0 aromatic rings. The monoisotopic (exact) mass is 310 g/mol. The maximum absolute atomic E-state index is 10.8. The van der Waals surface area contributed by atoms with E-state index in [4.69, 9.17) is 9.47 Å². The number of carbonyl (C=O) groups is 1. The number of rotatable bonds is 3. The van der Waals surface area contributed by atoms with Crippen LogP contribution in [0.25, 0.3) is 0 Å². The molecule has 0 bridgehead atoms. The minimum absolute atomic E-state index is 0.113. The Labute approximate surface area is 133 Å². The first-order chi connectivity index (χ1) is 10.4. The maximum Gasteiger partial charge on any atom is 0.295 e. The Bertz CT molecular complexity index is 425. The quantitative estimate of drug-likeness (QED) is 0.642. The van der Waals surface area contributed by atoms with Gasteiger partial charge in [0.2, 0.25) is 6.29 Å². The third-order valence-electron chi connectivity index (χ3n) is 7.03. The topological polar surface area (TPSA) is 55.8 Å². The molecule has 2 saturated carbocycles. The first-order valence-corrected chi connectivity index (χ1v) is 8.89.